The topological polar surface area (TPSA) is 55.4 Å². The molecule has 1 aromatic rings. The van der Waals surface area contributed by atoms with Gasteiger partial charge in [-0.3, -0.25) is 9.59 Å². The Labute approximate surface area is 184 Å². The van der Waals surface area contributed by atoms with Gasteiger partial charge in [0, 0.05) is 18.2 Å². The highest BCUT2D eigenvalue weighted by molar-refractivity contribution is 5.94. The first-order chi connectivity index (χ1) is 13.8. The van der Waals surface area contributed by atoms with Crippen LogP contribution in [0.5, 0.6) is 5.75 Å². The van der Waals surface area contributed by atoms with E-state index < -0.39 is 0 Å². The maximum atomic E-state index is 11.2. The van der Waals surface area contributed by atoms with Crippen LogP contribution in [0.3, 0.4) is 0 Å². The number of carbonyl (C=O) groups excluding carboxylic acids is 2. The number of benzene rings is 1. The van der Waals surface area contributed by atoms with Crippen molar-refractivity contribution in [2.75, 3.05) is 0 Å². The maximum absolute atomic E-state index is 11.2. The van der Waals surface area contributed by atoms with Crippen LogP contribution in [-0.2, 0) is 4.79 Å². The minimum absolute atomic E-state index is 0.0329. The number of ether oxygens (including phenoxy) is 1. The molecule has 0 atom stereocenters. The minimum Gasteiger partial charge on any atom is -0.491 e. The summed E-state index contributed by atoms with van der Waals surface area (Å²) in [6.45, 7) is 23.0. The summed E-state index contributed by atoms with van der Waals surface area (Å²) < 4.78 is 5.53. The number of carbonyl (C=O) groups is 2. The minimum atomic E-state index is 0.0329. The Balaban J connectivity index is 0. The molecule has 1 N–H and O–H groups in total. The summed E-state index contributed by atoms with van der Waals surface area (Å²) in [6, 6.07) is 5.59. The van der Waals surface area contributed by atoms with E-state index in [-0.39, 0.29) is 17.7 Å². The molecule has 0 radical (unpaired) electrons. The zero-order valence-electron chi connectivity index (χ0n) is 20.8. The van der Waals surface area contributed by atoms with Gasteiger partial charge < -0.3 is 10.1 Å². The molecule has 1 aromatic carbocycles. The lowest BCUT2D eigenvalue weighted by atomic mass is 10.1. The first-order valence-electron chi connectivity index (χ1n) is 10.7. The maximum Gasteiger partial charge on any atom is 0.175 e. The standard InChI is InChI=1S/C12H16O2.C8H13NO.C6H14/c1-8(2)14-12-6-9(3)5-11(7-12)10(4)13;1-5-8(7(4)10)9-6(2)3;1-4-5-6(2)3/h5-8H,1-4H3;5,9H,2H2,1,3-4H3;6H,4-5H2,1-3H3/b;8-5-;. The second kappa shape index (κ2) is 16.4. The molecule has 0 saturated carbocycles. The molecule has 0 spiro atoms. The number of hydrogen-bond donors (Lipinski definition) is 1. The molecule has 0 unspecified atom stereocenters. The van der Waals surface area contributed by atoms with E-state index >= 15 is 0 Å². The van der Waals surface area contributed by atoms with Crippen molar-refractivity contribution >= 4 is 11.6 Å². The monoisotopic (exact) mass is 417 g/mol. The second-order valence-electron chi connectivity index (χ2n) is 8.10. The normalized spacial score (nSPS) is 10.5. The molecule has 4 heteroatoms. The van der Waals surface area contributed by atoms with Gasteiger partial charge in [0.05, 0.1) is 11.8 Å². The molecule has 0 aromatic heterocycles. The number of Topliss-reactive ketones (excluding diaryl/α,β-unsaturated/α-hetero) is 2. The highest BCUT2D eigenvalue weighted by Gasteiger charge is 2.04. The molecule has 0 heterocycles. The summed E-state index contributed by atoms with van der Waals surface area (Å²) in [5, 5.41) is 2.85. The van der Waals surface area contributed by atoms with Gasteiger partial charge in [-0.1, -0.05) is 46.3 Å². The Bertz CT molecular complexity index is 700. The summed E-state index contributed by atoms with van der Waals surface area (Å²) in [5.41, 5.74) is 3.14. The summed E-state index contributed by atoms with van der Waals surface area (Å²) >= 11 is 0. The highest BCUT2D eigenvalue weighted by Crippen LogP contribution is 2.18. The van der Waals surface area contributed by atoms with Crippen LogP contribution in [-0.4, -0.2) is 17.7 Å². The summed E-state index contributed by atoms with van der Waals surface area (Å²) in [5.74, 6) is 1.77. The van der Waals surface area contributed by atoms with Gasteiger partial charge in [0.1, 0.15) is 5.75 Å². The van der Waals surface area contributed by atoms with Gasteiger partial charge >= 0.3 is 0 Å². The van der Waals surface area contributed by atoms with E-state index in [4.69, 9.17) is 4.74 Å². The van der Waals surface area contributed by atoms with Gasteiger partial charge in [0.15, 0.2) is 11.6 Å². The van der Waals surface area contributed by atoms with Crippen molar-refractivity contribution < 1.29 is 14.3 Å². The Morgan fingerprint density at radius 1 is 1.10 bits per heavy atom. The van der Waals surface area contributed by atoms with Crippen molar-refractivity contribution in [3.8, 4) is 5.75 Å². The third-order valence-corrected chi connectivity index (χ3v) is 3.71. The molecule has 170 valence electrons. The number of aryl methyl sites for hydroxylation is 1. The molecule has 0 aliphatic heterocycles. The fourth-order valence-corrected chi connectivity index (χ4v) is 2.46. The van der Waals surface area contributed by atoms with Crippen LogP contribution in [0.2, 0.25) is 0 Å². The predicted molar refractivity (Wildman–Crippen MR) is 129 cm³/mol. The van der Waals surface area contributed by atoms with Crippen molar-refractivity contribution in [2.24, 2.45) is 5.92 Å². The Kier molecular flexibility index (Phi) is 16.4. The van der Waals surface area contributed by atoms with Crippen molar-refractivity contribution in [1.82, 2.24) is 5.32 Å². The lowest BCUT2D eigenvalue weighted by molar-refractivity contribution is -0.113. The van der Waals surface area contributed by atoms with Crippen LogP contribution >= 0.6 is 0 Å². The smallest absolute Gasteiger partial charge is 0.175 e. The molecular weight excluding hydrogens is 374 g/mol. The fraction of sp³-hybridized carbons (Fsp3) is 0.538. The molecule has 30 heavy (non-hydrogen) atoms. The Morgan fingerprint density at radius 2 is 1.67 bits per heavy atom. The number of allylic oxidation sites excluding steroid dienone is 3. The van der Waals surface area contributed by atoms with Gasteiger partial charge in [-0.25, -0.2) is 0 Å². The van der Waals surface area contributed by atoms with Crippen LogP contribution in [0.15, 0.2) is 42.2 Å². The summed E-state index contributed by atoms with van der Waals surface area (Å²) in [4.78, 5) is 21.9. The lowest BCUT2D eigenvalue weighted by Gasteiger charge is -2.11. The number of nitrogens with one attached hydrogen (secondary N) is 1. The molecule has 0 aliphatic rings. The van der Waals surface area contributed by atoms with Gasteiger partial charge in [-0.05, 0) is 71.2 Å². The van der Waals surface area contributed by atoms with Crippen molar-refractivity contribution in [3.63, 3.8) is 0 Å². The first-order valence-corrected chi connectivity index (χ1v) is 10.7. The van der Waals surface area contributed by atoms with Crippen molar-refractivity contribution in [3.05, 3.63) is 53.4 Å². The van der Waals surface area contributed by atoms with Crippen LogP contribution in [0.25, 0.3) is 0 Å². The van der Waals surface area contributed by atoms with Crippen molar-refractivity contribution in [1.29, 1.82) is 0 Å². The predicted octanol–water partition coefficient (Wildman–Crippen LogP) is 7.03. The van der Waals surface area contributed by atoms with Crippen LogP contribution in [0, 0.1) is 12.8 Å². The highest BCUT2D eigenvalue weighted by atomic mass is 16.5. The van der Waals surface area contributed by atoms with E-state index in [1.807, 2.05) is 46.8 Å². The number of ketones is 2. The average molecular weight is 418 g/mol. The van der Waals surface area contributed by atoms with E-state index in [2.05, 4.69) is 32.7 Å². The van der Waals surface area contributed by atoms with E-state index in [1.54, 1.807) is 19.1 Å². The third-order valence-electron chi connectivity index (χ3n) is 3.71. The van der Waals surface area contributed by atoms with E-state index in [1.165, 1.54) is 19.8 Å². The van der Waals surface area contributed by atoms with Gasteiger partial charge in [0.25, 0.3) is 0 Å². The Morgan fingerprint density at radius 3 is 1.93 bits per heavy atom. The largest absolute Gasteiger partial charge is 0.491 e. The molecule has 0 aliphatic carbocycles. The van der Waals surface area contributed by atoms with Gasteiger partial charge in [-0.15, -0.1) is 0 Å². The second-order valence-corrected chi connectivity index (χ2v) is 8.10. The molecule has 1 rings (SSSR count). The van der Waals surface area contributed by atoms with Gasteiger partial charge in [0.2, 0.25) is 0 Å². The molecule has 0 saturated heterocycles. The van der Waals surface area contributed by atoms with Crippen LogP contribution < -0.4 is 10.1 Å². The van der Waals surface area contributed by atoms with E-state index in [9.17, 15) is 9.59 Å². The third kappa shape index (κ3) is 16.6. The van der Waals surface area contributed by atoms with E-state index in [0.29, 0.717) is 11.3 Å². The molecule has 0 bridgehead atoms. The summed E-state index contributed by atoms with van der Waals surface area (Å²) in [7, 11) is 0. The van der Waals surface area contributed by atoms with Crippen LogP contribution in [0.4, 0.5) is 0 Å². The first kappa shape index (κ1) is 29.8. The Hall–Kier alpha value is -2.36. The molecular formula is C26H43NO3. The molecule has 4 nitrogen and oxygen atoms in total. The zero-order valence-corrected chi connectivity index (χ0v) is 20.8. The molecule has 0 fully saturated rings. The molecule has 0 amide bonds. The summed E-state index contributed by atoms with van der Waals surface area (Å²) in [6.07, 6.45) is 4.57. The fourth-order valence-electron chi connectivity index (χ4n) is 2.46. The van der Waals surface area contributed by atoms with Crippen molar-refractivity contribution in [2.45, 2.75) is 88.2 Å². The lowest BCUT2D eigenvalue weighted by Crippen LogP contribution is -2.15. The quantitative estimate of drug-likeness (QED) is 0.364. The number of hydrogen-bond acceptors (Lipinski definition) is 4. The van der Waals surface area contributed by atoms with E-state index in [0.717, 1.165) is 22.9 Å². The average Bonchev–Trinajstić information content (AvgIpc) is 2.59. The van der Waals surface area contributed by atoms with Crippen LogP contribution in [0.1, 0.15) is 91.1 Å². The zero-order chi connectivity index (χ0) is 23.9. The number of rotatable bonds is 8. The van der Waals surface area contributed by atoms with Gasteiger partial charge in [-0.2, -0.15) is 0 Å². The SMILES string of the molecule is C=C(C)N/C(=C\C)C(C)=O.CC(=O)c1cc(C)cc(OC(C)C)c1.CCCC(C)C.